The van der Waals surface area contributed by atoms with Crippen molar-refractivity contribution in [2.45, 2.75) is 56.3 Å². The van der Waals surface area contributed by atoms with Crippen LogP contribution >= 0.6 is 22.6 Å². The summed E-state index contributed by atoms with van der Waals surface area (Å²) < 4.78 is 13.4. The Bertz CT molecular complexity index is 1190. The van der Waals surface area contributed by atoms with E-state index in [2.05, 4.69) is 48.2 Å². The third kappa shape index (κ3) is 6.35. The summed E-state index contributed by atoms with van der Waals surface area (Å²) in [6, 6.07) is 5.42. The molecule has 0 aliphatic heterocycles. The van der Waals surface area contributed by atoms with Crippen molar-refractivity contribution in [1.82, 2.24) is 29.9 Å². The summed E-state index contributed by atoms with van der Waals surface area (Å²) in [6.45, 7) is 4.19. The second-order valence-electron chi connectivity index (χ2n) is 8.46. The molecule has 3 aromatic heterocycles. The number of ether oxygens (including phenoxy) is 2. The molecule has 0 bridgehead atoms. The van der Waals surface area contributed by atoms with Crippen molar-refractivity contribution >= 4 is 34.5 Å². The lowest BCUT2D eigenvalue weighted by atomic mass is 9.87. The molecule has 3 aromatic rings. The standard InChI is InChI=1S/C23H28IN7O4/c1-13-19(35-16-6-4-5-15(11-16)22(32)33)8-7-17(27-13)21-18(31(3)30-29-21)12-26-23-25-10-9-20(28-23)34-14(2)24/h7-10,14-16H,4-6,11-12H2,1-3H3,(H,32,33)(H,25,26,28)/t14?,15-,16-/m0/s1. The first kappa shape index (κ1) is 25.1. The second-order valence-corrected chi connectivity index (χ2v) is 10.2. The second kappa shape index (κ2) is 11.1. The number of carbonyl (C=O) groups is 1. The first-order valence-electron chi connectivity index (χ1n) is 11.4. The lowest BCUT2D eigenvalue weighted by molar-refractivity contribution is -0.143. The molecule has 4 rings (SSSR count). The molecule has 12 heteroatoms. The number of hydrogen-bond donors (Lipinski definition) is 2. The number of nitrogens with zero attached hydrogens (tertiary/aromatic N) is 6. The third-order valence-corrected chi connectivity index (χ3v) is 6.07. The molecule has 2 N–H and O–H groups in total. The highest BCUT2D eigenvalue weighted by Gasteiger charge is 2.28. The van der Waals surface area contributed by atoms with Gasteiger partial charge in [0.25, 0.3) is 0 Å². The van der Waals surface area contributed by atoms with Gasteiger partial charge in [0.2, 0.25) is 11.8 Å². The van der Waals surface area contributed by atoms with Crippen LogP contribution in [-0.4, -0.2) is 51.2 Å². The van der Waals surface area contributed by atoms with Gasteiger partial charge in [-0.2, -0.15) is 4.98 Å². The molecule has 1 fully saturated rings. The highest BCUT2D eigenvalue weighted by Crippen LogP contribution is 2.30. The Morgan fingerprint density at radius 3 is 2.89 bits per heavy atom. The number of aromatic nitrogens is 6. The number of pyridine rings is 1. The topological polar surface area (TPSA) is 137 Å². The summed E-state index contributed by atoms with van der Waals surface area (Å²) >= 11 is 2.16. The summed E-state index contributed by atoms with van der Waals surface area (Å²) in [4.78, 5) is 24.7. The first-order valence-corrected chi connectivity index (χ1v) is 12.7. The number of aliphatic carboxylic acids is 1. The predicted molar refractivity (Wildman–Crippen MR) is 136 cm³/mol. The van der Waals surface area contributed by atoms with Gasteiger partial charge >= 0.3 is 5.97 Å². The maximum atomic E-state index is 11.4. The Morgan fingerprint density at radius 2 is 2.14 bits per heavy atom. The van der Waals surface area contributed by atoms with E-state index in [-0.39, 0.29) is 16.1 Å². The van der Waals surface area contributed by atoms with Crippen molar-refractivity contribution < 1.29 is 19.4 Å². The Kier molecular flexibility index (Phi) is 7.98. The number of carboxylic acid groups (broad SMARTS) is 1. The first-order chi connectivity index (χ1) is 16.8. The fraction of sp³-hybridized carbons (Fsp3) is 0.478. The molecule has 0 saturated heterocycles. The normalized spacial score (nSPS) is 18.6. The molecule has 1 aliphatic carbocycles. The molecule has 1 aliphatic rings. The Hall–Kier alpha value is -3.03. The SMILES string of the molecule is Cc1nc(-c2nnn(C)c2CNc2nccc(OC(C)I)n2)ccc1O[C@H]1CCC[C@H](C(=O)O)C1. The summed E-state index contributed by atoms with van der Waals surface area (Å²) in [5.74, 6) is 0.483. The molecule has 1 saturated carbocycles. The van der Waals surface area contributed by atoms with Gasteiger partial charge in [0.05, 0.1) is 35.6 Å². The fourth-order valence-corrected chi connectivity index (χ4v) is 4.32. The number of carboxylic acids is 1. The van der Waals surface area contributed by atoms with E-state index >= 15 is 0 Å². The number of anilines is 1. The van der Waals surface area contributed by atoms with Gasteiger partial charge in [0.15, 0.2) is 0 Å². The molecule has 3 heterocycles. The minimum Gasteiger partial charge on any atom is -0.489 e. The monoisotopic (exact) mass is 593 g/mol. The highest BCUT2D eigenvalue weighted by atomic mass is 127. The van der Waals surface area contributed by atoms with Crippen LogP contribution in [0.3, 0.4) is 0 Å². The van der Waals surface area contributed by atoms with Crippen LogP contribution in [0.25, 0.3) is 11.4 Å². The average Bonchev–Trinajstić information content (AvgIpc) is 3.19. The molecule has 0 radical (unpaired) electrons. The highest BCUT2D eigenvalue weighted by molar-refractivity contribution is 14.1. The van der Waals surface area contributed by atoms with Crippen LogP contribution in [-0.2, 0) is 18.4 Å². The van der Waals surface area contributed by atoms with Crippen molar-refractivity contribution in [2.75, 3.05) is 5.32 Å². The maximum Gasteiger partial charge on any atom is 0.306 e. The van der Waals surface area contributed by atoms with Crippen molar-refractivity contribution in [3.05, 3.63) is 35.8 Å². The van der Waals surface area contributed by atoms with Gasteiger partial charge in [0.1, 0.15) is 15.6 Å². The number of hydrogen-bond acceptors (Lipinski definition) is 9. The van der Waals surface area contributed by atoms with Gasteiger partial charge in [-0.15, -0.1) is 5.10 Å². The number of halogens is 1. The van der Waals surface area contributed by atoms with Gasteiger partial charge in [-0.25, -0.2) is 14.6 Å². The Morgan fingerprint density at radius 1 is 1.31 bits per heavy atom. The number of rotatable bonds is 9. The minimum atomic E-state index is -0.753. The van der Waals surface area contributed by atoms with E-state index in [0.717, 1.165) is 18.5 Å². The summed E-state index contributed by atoms with van der Waals surface area (Å²) in [6.07, 6.45) is 4.42. The van der Waals surface area contributed by atoms with E-state index < -0.39 is 5.97 Å². The average molecular weight is 593 g/mol. The Balaban J connectivity index is 1.46. The largest absolute Gasteiger partial charge is 0.489 e. The van der Waals surface area contributed by atoms with Crippen LogP contribution in [0.5, 0.6) is 11.6 Å². The lowest BCUT2D eigenvalue weighted by Gasteiger charge is -2.27. The molecular weight excluding hydrogens is 565 g/mol. The molecule has 186 valence electrons. The van der Waals surface area contributed by atoms with Gasteiger partial charge < -0.3 is 19.9 Å². The zero-order valence-corrected chi connectivity index (χ0v) is 22.0. The quantitative estimate of drug-likeness (QED) is 0.279. The smallest absolute Gasteiger partial charge is 0.306 e. The molecule has 3 atom stereocenters. The van der Waals surface area contributed by atoms with Crippen LogP contribution in [0.4, 0.5) is 5.95 Å². The van der Waals surface area contributed by atoms with Crippen LogP contribution in [0.1, 0.15) is 44.0 Å². The maximum absolute atomic E-state index is 11.4. The lowest BCUT2D eigenvalue weighted by Crippen LogP contribution is -2.29. The van der Waals surface area contributed by atoms with Crippen LogP contribution in [0.2, 0.25) is 0 Å². The number of alkyl halides is 1. The predicted octanol–water partition coefficient (Wildman–Crippen LogP) is 3.77. The van der Waals surface area contributed by atoms with Crippen LogP contribution in [0.15, 0.2) is 24.4 Å². The van der Waals surface area contributed by atoms with E-state index in [9.17, 15) is 9.90 Å². The van der Waals surface area contributed by atoms with Crippen molar-refractivity contribution in [3.8, 4) is 23.0 Å². The van der Waals surface area contributed by atoms with Gasteiger partial charge in [-0.05, 0) is 74.3 Å². The summed E-state index contributed by atoms with van der Waals surface area (Å²) in [7, 11) is 1.82. The van der Waals surface area contributed by atoms with Gasteiger partial charge in [0, 0.05) is 19.3 Å². The van der Waals surface area contributed by atoms with Crippen molar-refractivity contribution in [2.24, 2.45) is 13.0 Å². The minimum absolute atomic E-state index is 0.0128. The zero-order chi connectivity index (χ0) is 24.9. The molecule has 0 amide bonds. The number of aryl methyl sites for hydroxylation is 2. The molecule has 0 spiro atoms. The summed E-state index contributed by atoms with van der Waals surface area (Å²) in [5.41, 5.74) is 2.85. The zero-order valence-electron chi connectivity index (χ0n) is 19.8. The van der Waals surface area contributed by atoms with Crippen molar-refractivity contribution in [1.29, 1.82) is 0 Å². The molecule has 1 unspecified atom stereocenters. The number of nitrogens with one attached hydrogen (secondary N) is 1. The van der Waals surface area contributed by atoms with Gasteiger partial charge in [-0.1, -0.05) is 5.21 Å². The molecule has 11 nitrogen and oxygen atoms in total. The van der Waals surface area contributed by atoms with Crippen LogP contribution in [0, 0.1) is 12.8 Å². The van der Waals surface area contributed by atoms with E-state index in [1.54, 1.807) is 16.9 Å². The molecular formula is C23H28IN7O4. The van der Waals surface area contributed by atoms with Crippen molar-refractivity contribution in [3.63, 3.8) is 0 Å². The fourth-order valence-electron chi connectivity index (χ4n) is 4.06. The Labute approximate surface area is 216 Å². The van der Waals surface area contributed by atoms with E-state index in [1.807, 2.05) is 33.0 Å². The molecule has 35 heavy (non-hydrogen) atoms. The van der Waals surface area contributed by atoms with Crippen LogP contribution < -0.4 is 14.8 Å². The molecule has 0 aromatic carbocycles. The van der Waals surface area contributed by atoms with E-state index in [4.69, 9.17) is 14.5 Å². The van der Waals surface area contributed by atoms with E-state index in [1.165, 1.54) is 0 Å². The summed E-state index contributed by atoms with van der Waals surface area (Å²) in [5, 5.41) is 21.0. The van der Waals surface area contributed by atoms with E-state index in [0.29, 0.717) is 54.0 Å². The third-order valence-electron chi connectivity index (χ3n) is 5.82. The van der Waals surface area contributed by atoms with Gasteiger partial charge in [-0.3, -0.25) is 4.79 Å².